The van der Waals surface area contributed by atoms with E-state index in [2.05, 4.69) is 29.1 Å². The molecule has 0 radical (unpaired) electrons. The van der Waals surface area contributed by atoms with Crippen LogP contribution in [0.4, 0.5) is 17.5 Å². The Labute approximate surface area is 232 Å². The summed E-state index contributed by atoms with van der Waals surface area (Å²) in [6, 6.07) is 11.2. The van der Waals surface area contributed by atoms with Gasteiger partial charge in [-0.05, 0) is 61.6 Å². The Morgan fingerprint density at radius 1 is 1.10 bits per heavy atom. The third kappa shape index (κ3) is 5.94. The van der Waals surface area contributed by atoms with Crippen LogP contribution in [0.25, 0.3) is 28.3 Å². The minimum atomic E-state index is -0.171. The molecule has 0 bridgehead atoms. The molecule has 0 amide bonds. The van der Waals surface area contributed by atoms with Crippen molar-refractivity contribution in [3.8, 4) is 11.1 Å². The average molecular weight is 540 g/mol. The number of allylic oxidation sites excluding steroid dienone is 1. The first-order chi connectivity index (χ1) is 19.3. The molecule has 1 N–H and O–H groups in total. The van der Waals surface area contributed by atoms with Crippen LogP contribution in [0, 0.1) is 0 Å². The van der Waals surface area contributed by atoms with E-state index in [9.17, 15) is 9.59 Å². The first-order valence-electron chi connectivity index (χ1n) is 13.5. The molecule has 4 aromatic rings. The number of aromatic nitrogens is 3. The molecule has 5 rings (SSSR count). The third-order valence-corrected chi connectivity index (χ3v) is 7.18. The normalized spacial score (nSPS) is 14.8. The van der Waals surface area contributed by atoms with E-state index in [-0.39, 0.29) is 17.1 Å². The van der Waals surface area contributed by atoms with Crippen LogP contribution in [0.5, 0.6) is 0 Å². The summed E-state index contributed by atoms with van der Waals surface area (Å²) in [5.74, 6) is 1.22. The van der Waals surface area contributed by atoms with Crippen LogP contribution < -0.4 is 15.6 Å². The Hall–Kier alpha value is -4.37. The number of hydrogen-bond donors (Lipinski definition) is 1. The number of hydrogen-bond acceptors (Lipinski definition) is 9. The van der Waals surface area contributed by atoms with Crippen molar-refractivity contribution in [1.29, 1.82) is 0 Å². The number of ketones is 1. The summed E-state index contributed by atoms with van der Waals surface area (Å²) >= 11 is 0. The number of Topliss-reactive ketones (excluding diaryl/α,β-unsaturated/α-hetero) is 1. The zero-order chi connectivity index (χ0) is 28.2. The lowest BCUT2D eigenvalue weighted by atomic mass is 9.99. The van der Waals surface area contributed by atoms with Gasteiger partial charge in [0.05, 0.1) is 18.9 Å². The van der Waals surface area contributed by atoms with E-state index in [1.54, 1.807) is 26.2 Å². The summed E-state index contributed by atoms with van der Waals surface area (Å²) in [6.07, 6.45) is 6.20. The summed E-state index contributed by atoms with van der Waals surface area (Å²) in [5, 5.41) is 3.31. The number of morpholine rings is 1. The monoisotopic (exact) mass is 539 g/mol. The molecule has 9 nitrogen and oxygen atoms in total. The second-order valence-electron chi connectivity index (χ2n) is 10.1. The zero-order valence-electron chi connectivity index (χ0n) is 23.2. The van der Waals surface area contributed by atoms with Gasteiger partial charge >= 0.3 is 0 Å². The highest BCUT2D eigenvalue weighted by Crippen LogP contribution is 2.28. The lowest BCUT2D eigenvalue weighted by Gasteiger charge is -2.27. The van der Waals surface area contributed by atoms with Crippen LogP contribution in [-0.4, -0.2) is 47.0 Å². The molecule has 40 heavy (non-hydrogen) atoms. The molecule has 1 aliphatic rings. The fourth-order valence-corrected chi connectivity index (χ4v) is 4.53. The molecule has 4 heterocycles. The minimum Gasteiger partial charge on any atom is -0.439 e. The highest BCUT2D eigenvalue weighted by atomic mass is 16.5. The molecular weight excluding hydrogens is 506 g/mol. The van der Waals surface area contributed by atoms with Crippen molar-refractivity contribution in [2.24, 2.45) is 0 Å². The van der Waals surface area contributed by atoms with Gasteiger partial charge in [0.15, 0.2) is 22.8 Å². The number of pyridine rings is 1. The maximum atomic E-state index is 12.7. The topological polar surface area (TPSA) is 110 Å². The molecule has 1 unspecified atom stereocenters. The van der Waals surface area contributed by atoms with Gasteiger partial charge in [-0.1, -0.05) is 26.0 Å². The van der Waals surface area contributed by atoms with Gasteiger partial charge < -0.3 is 19.4 Å². The number of carbonyl (C=O) groups is 1. The van der Waals surface area contributed by atoms with Crippen LogP contribution in [0.3, 0.4) is 0 Å². The van der Waals surface area contributed by atoms with E-state index < -0.39 is 0 Å². The lowest BCUT2D eigenvalue weighted by molar-refractivity contribution is -0.113. The number of anilines is 3. The molecular formula is C31H33N5O4. The first kappa shape index (κ1) is 27.2. The van der Waals surface area contributed by atoms with Crippen molar-refractivity contribution in [1.82, 2.24) is 15.0 Å². The van der Waals surface area contributed by atoms with Gasteiger partial charge in [0.1, 0.15) is 0 Å². The van der Waals surface area contributed by atoms with Crippen molar-refractivity contribution in [2.45, 2.75) is 40.0 Å². The average Bonchev–Trinajstić information content (AvgIpc) is 2.97. The van der Waals surface area contributed by atoms with Gasteiger partial charge in [-0.3, -0.25) is 9.59 Å². The summed E-state index contributed by atoms with van der Waals surface area (Å²) in [7, 11) is 0. The number of carbonyl (C=O) groups excluding carboxylic acids is 1. The number of rotatable bonds is 8. The zero-order valence-corrected chi connectivity index (χ0v) is 23.2. The van der Waals surface area contributed by atoms with Crippen LogP contribution in [-0.2, 0) is 9.53 Å². The standard InChI is InChI=1S/C31H33N5O4/c1-5-19(2)29-24(13-20(3)21(4)37)18-33-31(35-29)34-25-8-6-7-22(14-25)23-15-27-30(32-17-23)26(38)16-28(40-27)36-9-11-39-12-10-36/h6-8,13-19H,5,9-12H2,1-4H3,(H,33,34,35)/b20-13+. The second kappa shape index (κ2) is 11.8. The van der Waals surface area contributed by atoms with Crippen molar-refractivity contribution < 1.29 is 13.9 Å². The van der Waals surface area contributed by atoms with Gasteiger partial charge in [-0.2, -0.15) is 0 Å². The summed E-state index contributed by atoms with van der Waals surface area (Å²) in [4.78, 5) is 40.3. The Morgan fingerprint density at radius 2 is 1.90 bits per heavy atom. The van der Waals surface area contributed by atoms with Crippen molar-refractivity contribution in [3.63, 3.8) is 0 Å². The van der Waals surface area contributed by atoms with Crippen molar-refractivity contribution in [2.75, 3.05) is 36.5 Å². The molecule has 0 aliphatic carbocycles. The largest absolute Gasteiger partial charge is 0.439 e. The molecule has 206 valence electrons. The molecule has 3 aromatic heterocycles. The number of fused-ring (bicyclic) bond motifs is 1. The van der Waals surface area contributed by atoms with E-state index in [4.69, 9.17) is 14.1 Å². The fraction of sp³-hybridized carbons (Fsp3) is 0.323. The van der Waals surface area contributed by atoms with E-state index in [1.807, 2.05) is 41.3 Å². The quantitative estimate of drug-likeness (QED) is 0.281. The third-order valence-electron chi connectivity index (χ3n) is 7.18. The Balaban J connectivity index is 1.44. The van der Waals surface area contributed by atoms with E-state index in [0.717, 1.165) is 34.5 Å². The van der Waals surface area contributed by atoms with Gasteiger partial charge in [-0.15, -0.1) is 0 Å². The van der Waals surface area contributed by atoms with E-state index in [1.165, 1.54) is 6.07 Å². The molecule has 1 saturated heterocycles. The summed E-state index contributed by atoms with van der Waals surface area (Å²) < 4.78 is 11.5. The van der Waals surface area contributed by atoms with E-state index in [0.29, 0.717) is 54.8 Å². The lowest BCUT2D eigenvalue weighted by Crippen LogP contribution is -2.36. The molecule has 0 saturated carbocycles. The van der Waals surface area contributed by atoms with E-state index >= 15 is 0 Å². The predicted octanol–water partition coefficient (Wildman–Crippen LogP) is 5.73. The summed E-state index contributed by atoms with van der Waals surface area (Å²) in [5.41, 5.74) is 5.50. The number of benzene rings is 1. The van der Waals surface area contributed by atoms with Crippen LogP contribution >= 0.6 is 0 Å². The van der Waals surface area contributed by atoms with Gasteiger partial charge in [0.2, 0.25) is 11.4 Å². The van der Waals surface area contributed by atoms with Gasteiger partial charge in [0.25, 0.3) is 0 Å². The Kier molecular flexibility index (Phi) is 8.02. The number of nitrogens with zero attached hydrogens (tertiary/aromatic N) is 4. The Morgan fingerprint density at radius 3 is 2.65 bits per heavy atom. The minimum absolute atomic E-state index is 0.0221. The highest BCUT2D eigenvalue weighted by Gasteiger charge is 2.17. The van der Waals surface area contributed by atoms with Crippen molar-refractivity contribution in [3.05, 3.63) is 75.8 Å². The van der Waals surface area contributed by atoms with Gasteiger partial charge in [0, 0.05) is 48.4 Å². The van der Waals surface area contributed by atoms with Gasteiger partial charge in [-0.25, -0.2) is 15.0 Å². The smallest absolute Gasteiger partial charge is 0.227 e. The second-order valence-corrected chi connectivity index (χ2v) is 10.1. The molecule has 0 spiro atoms. The number of ether oxygens (including phenoxy) is 1. The SMILES string of the molecule is CCC(C)c1nc(Nc2cccc(-c3cnc4c(=O)cc(N5CCOCC5)oc4c3)c2)ncc1/C=C(\C)C(C)=O. The first-order valence-corrected chi connectivity index (χ1v) is 13.5. The van der Waals surface area contributed by atoms with Crippen LogP contribution in [0.15, 0.2) is 63.6 Å². The van der Waals surface area contributed by atoms with Crippen LogP contribution in [0.2, 0.25) is 0 Å². The molecule has 1 aromatic carbocycles. The molecule has 1 aliphatic heterocycles. The van der Waals surface area contributed by atoms with Crippen LogP contribution in [0.1, 0.15) is 51.3 Å². The molecule has 1 fully saturated rings. The maximum Gasteiger partial charge on any atom is 0.227 e. The van der Waals surface area contributed by atoms with Crippen molar-refractivity contribution >= 4 is 40.5 Å². The molecule has 1 atom stereocenters. The Bertz CT molecular complexity index is 1640. The number of nitrogens with one attached hydrogen (secondary N) is 1. The highest BCUT2D eigenvalue weighted by molar-refractivity contribution is 5.97. The maximum absolute atomic E-state index is 12.7. The fourth-order valence-electron chi connectivity index (χ4n) is 4.53. The molecule has 9 heteroatoms. The summed E-state index contributed by atoms with van der Waals surface area (Å²) in [6.45, 7) is 10.1. The predicted molar refractivity (Wildman–Crippen MR) is 157 cm³/mol.